The van der Waals surface area contributed by atoms with E-state index in [4.69, 9.17) is 14.2 Å². The number of amides is 1. The molecule has 132 valence electrons. The summed E-state index contributed by atoms with van der Waals surface area (Å²) in [4.78, 5) is 12.2. The Balaban J connectivity index is 1.81. The fourth-order valence-electron chi connectivity index (χ4n) is 2.10. The van der Waals surface area contributed by atoms with Crippen LogP contribution in [0.4, 0.5) is 0 Å². The topological polar surface area (TPSA) is 56.8 Å². The van der Waals surface area contributed by atoms with E-state index in [2.05, 4.69) is 11.9 Å². The maximum absolute atomic E-state index is 12.2. The molecule has 1 amide bonds. The van der Waals surface area contributed by atoms with Crippen LogP contribution in [0.2, 0.25) is 0 Å². The molecule has 0 aliphatic carbocycles. The van der Waals surface area contributed by atoms with Crippen molar-refractivity contribution < 1.29 is 19.0 Å². The SMILES string of the molecule is C=CCOc1ccc(C(=O)N[C@H](C)COc2ccc(OC)cc2)cc1. The van der Waals surface area contributed by atoms with Gasteiger partial charge in [0.2, 0.25) is 0 Å². The normalized spacial score (nSPS) is 11.3. The number of ether oxygens (including phenoxy) is 3. The van der Waals surface area contributed by atoms with Gasteiger partial charge in [-0.2, -0.15) is 0 Å². The molecule has 2 aromatic carbocycles. The van der Waals surface area contributed by atoms with Crippen molar-refractivity contribution in [2.24, 2.45) is 0 Å². The number of benzene rings is 2. The Hall–Kier alpha value is -2.95. The monoisotopic (exact) mass is 341 g/mol. The lowest BCUT2D eigenvalue weighted by Gasteiger charge is -2.15. The van der Waals surface area contributed by atoms with Crippen LogP contribution in [0.5, 0.6) is 17.2 Å². The Morgan fingerprint density at radius 3 is 2.20 bits per heavy atom. The van der Waals surface area contributed by atoms with Gasteiger partial charge in [0.25, 0.3) is 5.91 Å². The maximum atomic E-state index is 12.2. The summed E-state index contributed by atoms with van der Waals surface area (Å²) in [5.74, 6) is 2.05. The Bertz CT molecular complexity index is 680. The van der Waals surface area contributed by atoms with Crippen molar-refractivity contribution in [2.45, 2.75) is 13.0 Å². The van der Waals surface area contributed by atoms with Crippen molar-refractivity contribution in [2.75, 3.05) is 20.3 Å². The Kier molecular flexibility index (Phi) is 6.89. The van der Waals surface area contributed by atoms with Crippen molar-refractivity contribution in [1.82, 2.24) is 5.32 Å². The molecule has 2 rings (SSSR count). The first kappa shape index (κ1) is 18.4. The number of nitrogens with one attached hydrogen (secondary N) is 1. The molecule has 5 nitrogen and oxygen atoms in total. The highest BCUT2D eigenvalue weighted by Gasteiger charge is 2.10. The summed E-state index contributed by atoms with van der Waals surface area (Å²) in [5, 5.41) is 2.91. The van der Waals surface area contributed by atoms with Crippen molar-refractivity contribution in [3.05, 3.63) is 66.7 Å². The van der Waals surface area contributed by atoms with Crippen molar-refractivity contribution in [1.29, 1.82) is 0 Å². The zero-order valence-electron chi connectivity index (χ0n) is 14.5. The van der Waals surface area contributed by atoms with Crippen LogP contribution in [-0.2, 0) is 0 Å². The lowest BCUT2D eigenvalue weighted by molar-refractivity contribution is 0.0926. The van der Waals surface area contributed by atoms with E-state index in [9.17, 15) is 4.79 Å². The summed E-state index contributed by atoms with van der Waals surface area (Å²) in [6, 6.07) is 14.2. The van der Waals surface area contributed by atoms with E-state index in [1.165, 1.54) is 0 Å². The molecule has 0 bridgehead atoms. The molecule has 0 unspecified atom stereocenters. The smallest absolute Gasteiger partial charge is 0.251 e. The molecule has 0 aromatic heterocycles. The van der Waals surface area contributed by atoms with E-state index < -0.39 is 0 Å². The minimum absolute atomic E-state index is 0.133. The molecule has 0 aliphatic rings. The van der Waals surface area contributed by atoms with Crippen LogP contribution in [0.25, 0.3) is 0 Å². The van der Waals surface area contributed by atoms with E-state index in [1.807, 2.05) is 31.2 Å². The number of carbonyl (C=O) groups is 1. The molecule has 0 aliphatic heterocycles. The molecule has 25 heavy (non-hydrogen) atoms. The third-order valence-corrected chi connectivity index (χ3v) is 3.42. The number of rotatable bonds is 9. The van der Waals surface area contributed by atoms with Crippen molar-refractivity contribution >= 4 is 5.91 Å². The molecule has 5 heteroatoms. The summed E-state index contributed by atoms with van der Waals surface area (Å²) >= 11 is 0. The van der Waals surface area contributed by atoms with Crippen LogP contribution < -0.4 is 19.5 Å². The minimum atomic E-state index is -0.152. The quantitative estimate of drug-likeness (QED) is 0.710. The zero-order valence-corrected chi connectivity index (χ0v) is 14.5. The van der Waals surface area contributed by atoms with Crippen LogP contribution in [0.15, 0.2) is 61.2 Å². The lowest BCUT2D eigenvalue weighted by atomic mass is 10.2. The van der Waals surface area contributed by atoms with Gasteiger partial charge < -0.3 is 19.5 Å². The van der Waals surface area contributed by atoms with E-state index >= 15 is 0 Å². The second kappa shape index (κ2) is 9.37. The van der Waals surface area contributed by atoms with Gasteiger partial charge in [-0.15, -0.1) is 0 Å². The fraction of sp³-hybridized carbons (Fsp3) is 0.250. The van der Waals surface area contributed by atoms with E-state index in [0.29, 0.717) is 24.5 Å². The number of hydrogen-bond donors (Lipinski definition) is 1. The highest BCUT2D eigenvalue weighted by molar-refractivity contribution is 5.94. The maximum Gasteiger partial charge on any atom is 0.251 e. The summed E-state index contributed by atoms with van der Waals surface area (Å²) < 4.78 is 16.2. The standard InChI is InChI=1S/C20H23NO4/c1-4-13-24-18-7-5-16(6-8-18)20(22)21-15(2)14-25-19-11-9-17(23-3)10-12-19/h4-12,15H,1,13-14H2,2-3H3,(H,21,22)/t15-/m1/s1. The average molecular weight is 341 g/mol. The number of methoxy groups -OCH3 is 1. The summed E-state index contributed by atoms with van der Waals surface area (Å²) in [6.45, 7) is 6.30. The summed E-state index contributed by atoms with van der Waals surface area (Å²) in [6.07, 6.45) is 1.67. The molecule has 0 radical (unpaired) electrons. The molecule has 0 saturated carbocycles. The van der Waals surface area contributed by atoms with Gasteiger partial charge in [0, 0.05) is 5.56 Å². The fourth-order valence-corrected chi connectivity index (χ4v) is 2.10. The molecule has 0 heterocycles. The van der Waals surface area contributed by atoms with Crippen LogP contribution >= 0.6 is 0 Å². The van der Waals surface area contributed by atoms with Gasteiger partial charge in [0.1, 0.15) is 30.5 Å². The predicted octanol–water partition coefficient (Wildman–Crippen LogP) is 3.46. The van der Waals surface area contributed by atoms with Gasteiger partial charge >= 0.3 is 0 Å². The molecule has 0 saturated heterocycles. The third kappa shape index (κ3) is 5.88. The first-order valence-electron chi connectivity index (χ1n) is 8.04. The Morgan fingerprint density at radius 1 is 1.04 bits per heavy atom. The lowest BCUT2D eigenvalue weighted by Crippen LogP contribution is -2.36. The summed E-state index contributed by atoms with van der Waals surface area (Å²) in [7, 11) is 1.62. The van der Waals surface area contributed by atoms with Crippen LogP contribution in [0, 0.1) is 0 Å². The minimum Gasteiger partial charge on any atom is -0.497 e. The highest BCUT2D eigenvalue weighted by Crippen LogP contribution is 2.17. The zero-order chi connectivity index (χ0) is 18.1. The van der Waals surface area contributed by atoms with Crippen LogP contribution in [-0.4, -0.2) is 32.3 Å². The highest BCUT2D eigenvalue weighted by atomic mass is 16.5. The first-order chi connectivity index (χ1) is 12.1. The van der Waals surface area contributed by atoms with Crippen molar-refractivity contribution in [3.63, 3.8) is 0 Å². The van der Waals surface area contributed by atoms with Crippen molar-refractivity contribution in [3.8, 4) is 17.2 Å². The van der Waals surface area contributed by atoms with E-state index in [-0.39, 0.29) is 11.9 Å². The third-order valence-electron chi connectivity index (χ3n) is 3.42. The van der Waals surface area contributed by atoms with Gasteiger partial charge in [-0.3, -0.25) is 4.79 Å². The Morgan fingerprint density at radius 2 is 1.60 bits per heavy atom. The number of hydrogen-bond acceptors (Lipinski definition) is 4. The first-order valence-corrected chi connectivity index (χ1v) is 8.04. The Labute approximate surface area is 148 Å². The van der Waals surface area contributed by atoms with Gasteiger partial charge in [0.15, 0.2) is 0 Å². The summed E-state index contributed by atoms with van der Waals surface area (Å²) in [5.41, 5.74) is 0.572. The molecule has 1 N–H and O–H groups in total. The van der Waals surface area contributed by atoms with Gasteiger partial charge in [-0.05, 0) is 55.5 Å². The van der Waals surface area contributed by atoms with E-state index in [0.717, 1.165) is 11.5 Å². The molecule has 2 aromatic rings. The van der Waals surface area contributed by atoms with E-state index in [1.54, 1.807) is 37.5 Å². The largest absolute Gasteiger partial charge is 0.497 e. The van der Waals surface area contributed by atoms with Gasteiger partial charge in [-0.1, -0.05) is 12.7 Å². The molecule has 0 spiro atoms. The second-order valence-electron chi connectivity index (χ2n) is 5.49. The molecular weight excluding hydrogens is 318 g/mol. The predicted molar refractivity (Wildman–Crippen MR) is 97.6 cm³/mol. The second-order valence-corrected chi connectivity index (χ2v) is 5.49. The van der Waals surface area contributed by atoms with Gasteiger partial charge in [-0.25, -0.2) is 0 Å². The van der Waals surface area contributed by atoms with Crippen LogP contribution in [0.1, 0.15) is 17.3 Å². The van der Waals surface area contributed by atoms with Crippen LogP contribution in [0.3, 0.4) is 0 Å². The average Bonchev–Trinajstić information content (AvgIpc) is 2.65. The molecule has 0 fully saturated rings. The molecule has 1 atom stereocenters. The van der Waals surface area contributed by atoms with Gasteiger partial charge in [0.05, 0.1) is 13.2 Å². The molecular formula is C20H23NO4. The number of carbonyl (C=O) groups excluding carboxylic acids is 1.